The van der Waals surface area contributed by atoms with Gasteiger partial charge in [0.15, 0.2) is 0 Å². The van der Waals surface area contributed by atoms with E-state index in [1.807, 2.05) is 19.9 Å². The molecule has 0 aromatic heterocycles. The third kappa shape index (κ3) is 6.06. The van der Waals surface area contributed by atoms with E-state index in [9.17, 15) is 8.42 Å². The summed E-state index contributed by atoms with van der Waals surface area (Å²) in [5.74, 6) is 0.417. The average molecular weight is 400 g/mol. The lowest BCUT2D eigenvalue weighted by Crippen LogP contribution is -2.46. The second-order valence-electron chi connectivity index (χ2n) is 5.60. The van der Waals surface area contributed by atoms with Gasteiger partial charge in [-0.2, -0.15) is 0 Å². The quantitative estimate of drug-likeness (QED) is 0.754. The molecule has 0 amide bonds. The van der Waals surface area contributed by atoms with Crippen LogP contribution in [0.4, 0.5) is 0 Å². The van der Waals surface area contributed by atoms with E-state index in [2.05, 4.69) is 14.9 Å². The maximum Gasteiger partial charge on any atom is 0.244 e. The lowest BCUT2D eigenvalue weighted by Gasteiger charge is -2.27. The van der Waals surface area contributed by atoms with Crippen molar-refractivity contribution in [3.63, 3.8) is 0 Å². The Morgan fingerprint density at radius 2 is 1.83 bits per heavy atom. The third-order valence-corrected chi connectivity index (χ3v) is 5.27. The predicted octanol–water partition coefficient (Wildman–Crippen LogP) is 1.34. The molecule has 0 aliphatic carbocycles. The summed E-state index contributed by atoms with van der Waals surface area (Å²) in [7, 11) is -2.07. The molecule has 0 bridgehead atoms. The number of halogens is 2. The van der Waals surface area contributed by atoms with Crippen LogP contribution in [0, 0.1) is 13.8 Å². The average Bonchev–Trinajstić information content (AvgIpc) is 2.47. The maximum absolute atomic E-state index is 12.5. The Morgan fingerprint density at radius 1 is 1.21 bits per heavy atom. The van der Waals surface area contributed by atoms with Crippen molar-refractivity contribution in [3.05, 3.63) is 23.3 Å². The van der Waals surface area contributed by atoms with E-state index < -0.39 is 10.0 Å². The molecule has 1 heterocycles. The Bertz CT molecular complexity index is 621. The number of ether oxygens (including phenoxy) is 1. The minimum Gasteiger partial charge on any atom is -0.495 e. The Hall–Kier alpha value is -0.570. The fraction of sp³-hybridized carbons (Fsp3) is 0.600. The molecule has 2 rings (SSSR count). The van der Waals surface area contributed by atoms with Crippen molar-refractivity contribution in [2.24, 2.45) is 0 Å². The van der Waals surface area contributed by atoms with E-state index in [4.69, 9.17) is 4.74 Å². The first kappa shape index (κ1) is 23.4. The van der Waals surface area contributed by atoms with Gasteiger partial charge in [-0.1, -0.05) is 6.07 Å². The summed E-state index contributed by atoms with van der Waals surface area (Å²) in [6.07, 6.45) is 0. The Kier molecular flexibility index (Phi) is 10.2. The van der Waals surface area contributed by atoms with Crippen molar-refractivity contribution >= 4 is 34.8 Å². The van der Waals surface area contributed by atoms with E-state index in [0.29, 0.717) is 18.8 Å². The molecule has 1 aromatic carbocycles. The van der Waals surface area contributed by atoms with Crippen LogP contribution >= 0.6 is 24.8 Å². The van der Waals surface area contributed by atoms with E-state index in [1.165, 1.54) is 7.11 Å². The van der Waals surface area contributed by atoms with E-state index >= 15 is 0 Å². The molecule has 140 valence electrons. The summed E-state index contributed by atoms with van der Waals surface area (Å²) in [6.45, 7) is 8.67. The lowest BCUT2D eigenvalue weighted by atomic mass is 10.1. The first-order valence-electron chi connectivity index (χ1n) is 7.52. The standard InChI is InChI=1S/C15H25N3O3S.2ClH/c1-12-10-13(2)15(21-3)14(11-12)22(19,20)17-6-9-18-7-4-16-5-8-18;;/h10-11,16-17H,4-9H2,1-3H3;2*1H. The highest BCUT2D eigenvalue weighted by Gasteiger charge is 2.21. The number of piperazine rings is 1. The van der Waals surface area contributed by atoms with Crippen LogP contribution in [0.3, 0.4) is 0 Å². The molecule has 6 nitrogen and oxygen atoms in total. The lowest BCUT2D eigenvalue weighted by molar-refractivity contribution is 0.245. The second-order valence-corrected chi connectivity index (χ2v) is 7.34. The first-order chi connectivity index (χ1) is 10.4. The second kappa shape index (κ2) is 10.4. The van der Waals surface area contributed by atoms with Crippen LogP contribution in [0.15, 0.2) is 17.0 Å². The van der Waals surface area contributed by atoms with Gasteiger partial charge < -0.3 is 10.1 Å². The van der Waals surface area contributed by atoms with Gasteiger partial charge in [0.25, 0.3) is 0 Å². The third-order valence-electron chi connectivity index (χ3n) is 3.81. The minimum atomic E-state index is -3.57. The monoisotopic (exact) mass is 399 g/mol. The highest BCUT2D eigenvalue weighted by atomic mass is 35.5. The number of nitrogens with zero attached hydrogens (tertiary/aromatic N) is 1. The highest BCUT2D eigenvalue weighted by Crippen LogP contribution is 2.28. The number of aryl methyl sites for hydroxylation is 2. The van der Waals surface area contributed by atoms with Crippen LogP contribution in [0.1, 0.15) is 11.1 Å². The van der Waals surface area contributed by atoms with E-state index in [0.717, 1.165) is 37.3 Å². The summed E-state index contributed by atoms with van der Waals surface area (Å²) in [5, 5.41) is 3.28. The fourth-order valence-corrected chi connectivity index (χ4v) is 4.07. The zero-order valence-electron chi connectivity index (χ0n) is 14.3. The molecule has 1 aromatic rings. The molecule has 2 N–H and O–H groups in total. The molecule has 1 saturated heterocycles. The van der Waals surface area contributed by atoms with Gasteiger partial charge in [-0.15, -0.1) is 24.8 Å². The highest BCUT2D eigenvalue weighted by molar-refractivity contribution is 7.89. The number of hydrogen-bond donors (Lipinski definition) is 2. The van der Waals surface area contributed by atoms with Crippen molar-refractivity contribution in [1.82, 2.24) is 14.9 Å². The smallest absolute Gasteiger partial charge is 0.244 e. The largest absolute Gasteiger partial charge is 0.495 e. The molecule has 1 fully saturated rings. The first-order valence-corrected chi connectivity index (χ1v) is 9.00. The predicted molar refractivity (Wildman–Crippen MR) is 101 cm³/mol. The van der Waals surface area contributed by atoms with E-state index in [1.54, 1.807) is 6.07 Å². The van der Waals surface area contributed by atoms with Crippen molar-refractivity contribution in [3.8, 4) is 5.75 Å². The summed E-state index contributed by atoms with van der Waals surface area (Å²) in [4.78, 5) is 2.46. The molecule has 1 aliphatic rings. The van der Waals surface area contributed by atoms with Crippen LogP contribution in [0.25, 0.3) is 0 Å². The van der Waals surface area contributed by atoms with Crippen molar-refractivity contribution < 1.29 is 13.2 Å². The van der Waals surface area contributed by atoms with Crippen LogP contribution in [-0.2, 0) is 10.0 Å². The van der Waals surface area contributed by atoms with Gasteiger partial charge in [0.05, 0.1) is 7.11 Å². The molecule has 0 radical (unpaired) electrons. The fourth-order valence-electron chi connectivity index (χ4n) is 2.73. The maximum atomic E-state index is 12.5. The van der Waals surface area contributed by atoms with Gasteiger partial charge in [-0.3, -0.25) is 4.90 Å². The number of rotatable bonds is 6. The Balaban J connectivity index is 0.00000264. The van der Waals surface area contributed by atoms with Crippen LogP contribution in [-0.4, -0.2) is 59.7 Å². The molecule has 0 saturated carbocycles. The summed E-state index contributed by atoms with van der Waals surface area (Å²) in [6, 6.07) is 3.57. The van der Waals surface area contributed by atoms with Crippen molar-refractivity contribution in [2.45, 2.75) is 18.7 Å². The van der Waals surface area contributed by atoms with E-state index in [-0.39, 0.29) is 29.7 Å². The molecule has 0 atom stereocenters. The SMILES string of the molecule is COc1c(C)cc(C)cc1S(=O)(=O)NCCN1CCNCC1.Cl.Cl. The zero-order chi connectivity index (χ0) is 16.2. The summed E-state index contributed by atoms with van der Waals surface area (Å²) in [5.41, 5.74) is 1.73. The summed E-state index contributed by atoms with van der Waals surface area (Å²) >= 11 is 0. The van der Waals surface area contributed by atoms with Gasteiger partial charge in [0.1, 0.15) is 10.6 Å². The molecule has 1 aliphatic heterocycles. The summed E-state index contributed by atoms with van der Waals surface area (Å²) < 4.78 is 33.0. The van der Waals surface area contributed by atoms with Crippen LogP contribution in [0.5, 0.6) is 5.75 Å². The number of methoxy groups -OCH3 is 1. The molecular weight excluding hydrogens is 373 g/mol. The molecular formula is C15H27Cl2N3O3S. The Morgan fingerprint density at radius 3 is 2.42 bits per heavy atom. The van der Waals surface area contributed by atoms with Gasteiger partial charge in [0.2, 0.25) is 10.0 Å². The van der Waals surface area contributed by atoms with Gasteiger partial charge in [-0.25, -0.2) is 13.1 Å². The number of nitrogens with one attached hydrogen (secondary N) is 2. The molecule has 0 unspecified atom stereocenters. The Labute approximate surface area is 157 Å². The van der Waals surface area contributed by atoms with Crippen molar-refractivity contribution in [1.29, 1.82) is 0 Å². The minimum absolute atomic E-state index is 0. The number of hydrogen-bond acceptors (Lipinski definition) is 5. The van der Waals surface area contributed by atoms with Gasteiger partial charge in [0, 0.05) is 39.3 Å². The van der Waals surface area contributed by atoms with Gasteiger partial charge in [-0.05, 0) is 31.0 Å². The van der Waals surface area contributed by atoms with Gasteiger partial charge >= 0.3 is 0 Å². The van der Waals surface area contributed by atoms with Crippen LogP contribution in [0.2, 0.25) is 0 Å². The normalized spacial score (nSPS) is 15.3. The number of sulfonamides is 1. The van der Waals surface area contributed by atoms with Crippen LogP contribution < -0.4 is 14.8 Å². The zero-order valence-corrected chi connectivity index (χ0v) is 16.7. The molecule has 0 spiro atoms. The number of benzene rings is 1. The molecule has 24 heavy (non-hydrogen) atoms. The molecule has 9 heteroatoms. The topological polar surface area (TPSA) is 70.7 Å². The van der Waals surface area contributed by atoms with Crippen molar-refractivity contribution in [2.75, 3.05) is 46.4 Å².